The smallest absolute Gasteiger partial charge is 0.472 e. The third-order valence-corrected chi connectivity index (χ3v) is 13.2. The first-order valence-corrected chi connectivity index (χ1v) is 26.3. The first-order valence-electron chi connectivity index (χ1n) is 24.8. The number of hydrogen-bond acceptors (Lipinski definition) is 11. The van der Waals surface area contributed by atoms with Gasteiger partial charge in [0.05, 0.1) is 13.2 Å². The number of hydrogen-bond donors (Lipinski definition) is 3. The molecule has 14 heteroatoms. The molecular weight excluding hydrogens is 838 g/mol. The molecule has 0 aromatic carbocycles. The zero-order valence-electron chi connectivity index (χ0n) is 40.6. The lowest BCUT2D eigenvalue weighted by Gasteiger charge is -2.20. The molecule has 3 unspecified atom stereocenters. The van der Waals surface area contributed by atoms with E-state index in [-0.39, 0.29) is 19.4 Å². The molecule has 0 aliphatic heterocycles. The number of furan rings is 2. The van der Waals surface area contributed by atoms with Crippen LogP contribution in [0.25, 0.3) is 0 Å². The predicted molar refractivity (Wildman–Crippen MR) is 252 cm³/mol. The molecule has 4 N–H and O–H groups in total. The number of aliphatic carboxylic acids is 1. The summed E-state index contributed by atoms with van der Waals surface area (Å²) in [6.07, 6.45) is 26.9. The third-order valence-electron chi connectivity index (χ3n) is 12.2. The number of rotatable bonds is 40. The maximum atomic E-state index is 12.7. The molecular formula is C50H86NO12P. The Hall–Kier alpha value is -2.96. The lowest BCUT2D eigenvalue weighted by molar-refractivity contribution is -0.161. The van der Waals surface area contributed by atoms with Crippen LogP contribution >= 0.6 is 7.82 Å². The van der Waals surface area contributed by atoms with E-state index in [0.29, 0.717) is 12.8 Å². The van der Waals surface area contributed by atoms with Crippen LogP contribution in [-0.4, -0.2) is 59.9 Å². The van der Waals surface area contributed by atoms with E-state index in [2.05, 4.69) is 46.1 Å². The number of carbonyl (C=O) groups excluding carboxylic acids is 2. The van der Waals surface area contributed by atoms with Crippen molar-refractivity contribution in [1.82, 2.24) is 0 Å². The summed E-state index contributed by atoms with van der Waals surface area (Å²) in [6.45, 7) is 11.4. The molecule has 2 rings (SSSR count). The summed E-state index contributed by atoms with van der Waals surface area (Å²) in [6, 6.07) is -1.53. The second-order valence-electron chi connectivity index (χ2n) is 17.8. The summed E-state index contributed by atoms with van der Waals surface area (Å²) in [5, 5.41) is 8.94. The van der Waals surface area contributed by atoms with Gasteiger partial charge in [0.1, 0.15) is 35.7 Å². The fourth-order valence-corrected chi connectivity index (χ4v) is 8.60. The monoisotopic (exact) mass is 924 g/mol. The van der Waals surface area contributed by atoms with E-state index in [1.54, 1.807) is 0 Å². The summed E-state index contributed by atoms with van der Waals surface area (Å²) >= 11 is 0. The highest BCUT2D eigenvalue weighted by Gasteiger charge is 2.28. The topological polar surface area (TPSA) is 198 Å². The Morgan fingerprint density at radius 3 is 1.33 bits per heavy atom. The third kappa shape index (κ3) is 24.5. The van der Waals surface area contributed by atoms with E-state index in [1.165, 1.54) is 85.1 Å². The van der Waals surface area contributed by atoms with Crippen molar-refractivity contribution in [2.45, 2.75) is 233 Å². The van der Waals surface area contributed by atoms with Gasteiger partial charge in [0, 0.05) is 38.5 Å². The maximum Gasteiger partial charge on any atom is 0.472 e. The number of carboxylic acid groups (broad SMARTS) is 1. The van der Waals surface area contributed by atoms with Crippen LogP contribution in [0, 0.1) is 27.7 Å². The van der Waals surface area contributed by atoms with Gasteiger partial charge in [0.15, 0.2) is 6.10 Å². The average Bonchev–Trinajstić information content (AvgIpc) is 3.69. The molecule has 0 saturated heterocycles. The molecule has 0 fully saturated rings. The SMILES string of the molecule is CCCCCc1oc(CCCCCCCCCCCCC(=O)OCC(COP(=O)(O)OCC(N)C(=O)O)OC(=O)CCCCCCCCCCc2oc(CCC)c(C)c2C)c(C)c1C. The lowest BCUT2D eigenvalue weighted by Crippen LogP contribution is -2.34. The number of carboxylic acids is 1. The summed E-state index contributed by atoms with van der Waals surface area (Å²) in [5.41, 5.74) is 10.6. The number of aryl methyl sites for hydroxylation is 4. The summed E-state index contributed by atoms with van der Waals surface area (Å²) in [4.78, 5) is 46.3. The van der Waals surface area contributed by atoms with E-state index in [4.69, 9.17) is 33.7 Å². The fourth-order valence-electron chi connectivity index (χ4n) is 7.82. The molecule has 2 aromatic heterocycles. The molecule has 0 bridgehead atoms. The van der Waals surface area contributed by atoms with Gasteiger partial charge in [0.25, 0.3) is 0 Å². The Balaban J connectivity index is 1.61. The average molecular weight is 924 g/mol. The standard InChI is InChI=1S/C50H86NO12P/c1-7-9-24-30-45-40(5)41(6)47(63-45)32-26-20-16-12-10-11-13-18-22-27-33-48(52)58-35-42(36-59-64(56,57)60-37-43(51)50(54)55)61-49(53)34-28-23-19-15-14-17-21-25-31-46-39(4)38(3)44(62-46)29-8-2/h42-43H,7-37,51H2,1-6H3,(H,54,55)(H,56,57). The molecule has 64 heavy (non-hydrogen) atoms. The zero-order valence-corrected chi connectivity index (χ0v) is 41.5. The highest BCUT2D eigenvalue weighted by atomic mass is 31.2. The highest BCUT2D eigenvalue weighted by Crippen LogP contribution is 2.43. The molecule has 0 spiro atoms. The molecule has 13 nitrogen and oxygen atoms in total. The number of phosphoric acid groups is 1. The molecule has 0 aliphatic carbocycles. The molecule has 0 saturated carbocycles. The van der Waals surface area contributed by atoms with Crippen molar-refractivity contribution >= 4 is 25.7 Å². The van der Waals surface area contributed by atoms with Gasteiger partial charge < -0.3 is 34.0 Å². The fraction of sp³-hybridized carbons (Fsp3) is 0.780. The summed E-state index contributed by atoms with van der Waals surface area (Å²) < 4.78 is 45.3. The highest BCUT2D eigenvalue weighted by molar-refractivity contribution is 7.47. The Kier molecular flexibility index (Phi) is 29.9. The van der Waals surface area contributed by atoms with Crippen LogP contribution in [0.4, 0.5) is 0 Å². The second-order valence-corrected chi connectivity index (χ2v) is 19.2. The van der Waals surface area contributed by atoms with Crippen LogP contribution in [0.2, 0.25) is 0 Å². The van der Waals surface area contributed by atoms with Crippen molar-refractivity contribution in [2.75, 3.05) is 19.8 Å². The van der Waals surface area contributed by atoms with E-state index in [0.717, 1.165) is 114 Å². The molecule has 3 atom stereocenters. The Bertz CT molecular complexity index is 1650. The van der Waals surface area contributed by atoms with E-state index < -0.39 is 51.1 Å². The first-order chi connectivity index (χ1) is 30.7. The summed E-state index contributed by atoms with van der Waals surface area (Å²) in [5.74, 6) is 2.19. The lowest BCUT2D eigenvalue weighted by atomic mass is 10.0. The molecule has 0 aliphatic rings. The van der Waals surface area contributed by atoms with Gasteiger partial charge in [-0.2, -0.15) is 0 Å². The Morgan fingerprint density at radius 1 is 0.531 bits per heavy atom. The Labute approximate surface area is 385 Å². The van der Waals surface area contributed by atoms with Crippen molar-refractivity contribution in [3.05, 3.63) is 45.3 Å². The van der Waals surface area contributed by atoms with Gasteiger partial charge in [0.2, 0.25) is 0 Å². The minimum Gasteiger partial charge on any atom is -0.480 e. The molecule has 0 amide bonds. The van der Waals surface area contributed by atoms with Crippen molar-refractivity contribution in [2.24, 2.45) is 5.73 Å². The zero-order chi connectivity index (χ0) is 47.2. The number of phosphoric ester groups is 1. The van der Waals surface area contributed by atoms with Gasteiger partial charge in [-0.1, -0.05) is 117 Å². The number of carbonyl (C=O) groups is 3. The quantitative estimate of drug-likeness (QED) is 0.0324. The molecule has 368 valence electrons. The minimum absolute atomic E-state index is 0.137. The van der Waals surface area contributed by atoms with Crippen LogP contribution in [0.15, 0.2) is 8.83 Å². The molecule has 0 radical (unpaired) electrons. The van der Waals surface area contributed by atoms with Gasteiger partial charge >= 0.3 is 25.7 Å². The Morgan fingerprint density at radius 2 is 0.906 bits per heavy atom. The number of esters is 2. The van der Waals surface area contributed by atoms with Crippen molar-refractivity contribution < 1.29 is 56.3 Å². The summed E-state index contributed by atoms with van der Waals surface area (Å²) in [7, 11) is -4.74. The largest absolute Gasteiger partial charge is 0.480 e. The number of unbranched alkanes of at least 4 members (excludes halogenated alkanes) is 18. The number of ether oxygens (including phenoxy) is 2. The van der Waals surface area contributed by atoms with Gasteiger partial charge in [-0.25, -0.2) is 4.57 Å². The second kappa shape index (κ2) is 33.5. The maximum absolute atomic E-state index is 12.7. The number of nitrogens with two attached hydrogens (primary N) is 1. The first kappa shape index (κ1) is 57.2. The van der Waals surface area contributed by atoms with Crippen LogP contribution in [0.5, 0.6) is 0 Å². The van der Waals surface area contributed by atoms with Crippen molar-refractivity contribution in [3.63, 3.8) is 0 Å². The van der Waals surface area contributed by atoms with Crippen LogP contribution in [0.3, 0.4) is 0 Å². The van der Waals surface area contributed by atoms with Crippen LogP contribution < -0.4 is 5.73 Å². The van der Waals surface area contributed by atoms with Gasteiger partial charge in [-0.15, -0.1) is 0 Å². The minimum atomic E-state index is -4.74. The molecule has 2 heterocycles. The van der Waals surface area contributed by atoms with E-state index in [9.17, 15) is 23.8 Å². The van der Waals surface area contributed by atoms with Gasteiger partial charge in [-0.05, 0) is 88.5 Å². The molecule has 2 aromatic rings. The normalized spacial score (nSPS) is 13.5. The van der Waals surface area contributed by atoms with Crippen molar-refractivity contribution in [3.8, 4) is 0 Å². The van der Waals surface area contributed by atoms with E-state index >= 15 is 0 Å². The van der Waals surface area contributed by atoms with Crippen molar-refractivity contribution in [1.29, 1.82) is 0 Å². The van der Waals surface area contributed by atoms with Gasteiger partial charge in [-0.3, -0.25) is 23.4 Å². The van der Waals surface area contributed by atoms with Crippen LogP contribution in [0.1, 0.15) is 213 Å². The predicted octanol–water partition coefficient (Wildman–Crippen LogP) is 12.4. The van der Waals surface area contributed by atoms with E-state index in [1.807, 2.05) is 0 Å². The van der Waals surface area contributed by atoms with Crippen LogP contribution in [-0.2, 0) is 63.2 Å².